The number of hydrogen-bond donors (Lipinski definition) is 1. The molecule has 0 amide bonds. The van der Waals surface area contributed by atoms with Crippen LogP contribution in [0.2, 0.25) is 0 Å². The highest BCUT2D eigenvalue weighted by atomic mass is 16.3. The molecular weight excluding hydrogens is 400 g/mol. The number of fused-ring (bicyclic) bond motifs is 7. The highest BCUT2D eigenvalue weighted by Crippen LogP contribution is 2.79. The van der Waals surface area contributed by atoms with Crippen molar-refractivity contribution >= 4 is 0 Å². The minimum absolute atomic E-state index is 0.0401. The lowest BCUT2D eigenvalue weighted by molar-refractivity contribution is -0.297. The molecule has 0 saturated heterocycles. The molecule has 1 unspecified atom stereocenters. The Labute approximate surface area is 206 Å². The van der Waals surface area contributed by atoms with Gasteiger partial charge in [0.15, 0.2) is 0 Å². The van der Waals surface area contributed by atoms with Gasteiger partial charge in [0.25, 0.3) is 0 Å². The smallest absolute Gasteiger partial charge is 0.0599 e. The molecule has 1 N–H and O–H groups in total. The van der Waals surface area contributed by atoms with Crippen LogP contribution >= 0.6 is 0 Å². The van der Waals surface area contributed by atoms with Gasteiger partial charge >= 0.3 is 0 Å². The van der Waals surface area contributed by atoms with Gasteiger partial charge in [-0.25, -0.2) is 0 Å². The first-order valence-corrected chi connectivity index (χ1v) is 14.7. The molecule has 5 saturated carbocycles. The zero-order valence-corrected chi connectivity index (χ0v) is 23.9. The Morgan fingerprint density at radius 3 is 2.00 bits per heavy atom. The molecule has 5 aliphatic carbocycles. The van der Waals surface area contributed by atoms with Crippen LogP contribution in [0.25, 0.3) is 0 Å². The molecule has 0 heterocycles. The van der Waals surface area contributed by atoms with Crippen LogP contribution < -0.4 is 0 Å². The average molecular weight is 457 g/mol. The molecule has 0 aromatic heterocycles. The summed E-state index contributed by atoms with van der Waals surface area (Å²) in [4.78, 5) is 0. The van der Waals surface area contributed by atoms with Crippen LogP contribution in [0.1, 0.15) is 127 Å². The van der Waals surface area contributed by atoms with Crippen LogP contribution in [-0.2, 0) is 0 Å². The van der Waals surface area contributed by atoms with Gasteiger partial charge in [0.05, 0.1) is 6.10 Å². The summed E-state index contributed by atoms with van der Waals surface area (Å²) in [7, 11) is 0. The van der Waals surface area contributed by atoms with Crippen molar-refractivity contribution in [3.63, 3.8) is 0 Å². The Balaban J connectivity index is 1.63. The van der Waals surface area contributed by atoms with Crippen molar-refractivity contribution in [2.24, 2.45) is 68.0 Å². The summed E-state index contributed by atoms with van der Waals surface area (Å²) < 4.78 is 0. The lowest BCUT2D eigenvalue weighted by atomic mass is 9.28. The van der Waals surface area contributed by atoms with Crippen molar-refractivity contribution in [2.45, 2.75) is 133 Å². The van der Waals surface area contributed by atoms with E-state index in [1.165, 1.54) is 51.4 Å². The number of aliphatic hydroxyl groups excluding tert-OH is 1. The van der Waals surface area contributed by atoms with Crippen molar-refractivity contribution in [2.75, 3.05) is 0 Å². The summed E-state index contributed by atoms with van der Waals surface area (Å²) in [5.41, 5.74) is 1.90. The van der Waals surface area contributed by atoms with Crippen LogP contribution in [0, 0.1) is 68.0 Å². The lowest BCUT2D eigenvalue weighted by Crippen LogP contribution is -2.71. The van der Waals surface area contributed by atoms with Gasteiger partial charge in [-0.15, -0.1) is 0 Å². The molecule has 190 valence electrons. The van der Waals surface area contributed by atoms with Gasteiger partial charge in [0.2, 0.25) is 0 Å². The summed E-state index contributed by atoms with van der Waals surface area (Å²) >= 11 is 0. The minimum Gasteiger partial charge on any atom is -0.393 e. The molecule has 0 aliphatic heterocycles. The van der Waals surface area contributed by atoms with E-state index < -0.39 is 0 Å². The van der Waals surface area contributed by atoms with Gasteiger partial charge in [-0.3, -0.25) is 0 Å². The summed E-state index contributed by atoms with van der Waals surface area (Å²) in [6, 6.07) is 0. The molecule has 1 nitrogen and oxygen atoms in total. The quantitative estimate of drug-likeness (QED) is 0.386. The van der Waals surface area contributed by atoms with E-state index in [4.69, 9.17) is 0 Å². The van der Waals surface area contributed by atoms with E-state index in [0.29, 0.717) is 33.5 Å². The minimum atomic E-state index is -0.137. The predicted molar refractivity (Wildman–Crippen MR) is 140 cm³/mol. The SMILES string of the molecule is C[C@@H]1[C@H]2[C@H]3CC[C@@H]4[C@@]5(C)C(O)CCC(C)(C)[C@@H]5C(C)(C)C[C@@]4(C)[C@]3(C)CC[C@@]2(C)CC[C@H]1C. The zero-order chi connectivity index (χ0) is 24.4. The van der Waals surface area contributed by atoms with Crippen LogP contribution in [0.4, 0.5) is 0 Å². The van der Waals surface area contributed by atoms with E-state index >= 15 is 0 Å². The standard InChI is InChI=1S/C32H56O/c1-20-13-16-29(7)17-18-30(8)22(25(29)21(20)2)11-12-23-31(30,9)19-28(5,6)26-27(3,4)15-14-24(33)32(23,26)10/h20-26,33H,11-19H2,1-10H3/t20-,21+,22-,23+,24?,25+,26-,29-,30-,31-,32+/m1/s1. The first kappa shape index (κ1) is 24.6. The number of aliphatic hydroxyl groups is 1. The topological polar surface area (TPSA) is 20.2 Å². The lowest BCUT2D eigenvalue weighted by Gasteiger charge is -2.77. The van der Waals surface area contributed by atoms with E-state index in [1.807, 2.05) is 0 Å². The molecule has 0 bridgehead atoms. The van der Waals surface area contributed by atoms with Crippen LogP contribution in [0.5, 0.6) is 0 Å². The fourth-order valence-electron chi connectivity index (χ4n) is 13.2. The van der Waals surface area contributed by atoms with E-state index in [-0.39, 0.29) is 16.9 Å². The Hall–Kier alpha value is -0.0400. The summed E-state index contributed by atoms with van der Waals surface area (Å²) in [5.74, 6) is 4.73. The van der Waals surface area contributed by atoms with Crippen molar-refractivity contribution in [1.82, 2.24) is 0 Å². The Morgan fingerprint density at radius 2 is 1.33 bits per heavy atom. The highest BCUT2D eigenvalue weighted by molar-refractivity contribution is 5.22. The van der Waals surface area contributed by atoms with Crippen LogP contribution in [-0.4, -0.2) is 11.2 Å². The molecule has 5 aliphatic rings. The van der Waals surface area contributed by atoms with E-state index in [0.717, 1.165) is 30.1 Å². The van der Waals surface area contributed by atoms with Gasteiger partial charge in [-0.1, -0.05) is 69.2 Å². The van der Waals surface area contributed by atoms with Gasteiger partial charge in [-0.05, 0) is 120 Å². The summed E-state index contributed by atoms with van der Waals surface area (Å²) in [5, 5.41) is 11.8. The highest BCUT2D eigenvalue weighted by Gasteiger charge is 2.73. The van der Waals surface area contributed by atoms with Gasteiger partial charge in [0, 0.05) is 5.41 Å². The third-order valence-electron chi connectivity index (χ3n) is 14.3. The third-order valence-corrected chi connectivity index (χ3v) is 14.3. The molecule has 5 fully saturated rings. The maximum Gasteiger partial charge on any atom is 0.0599 e. The normalized spacial score (nSPS) is 59.5. The second-order valence-electron chi connectivity index (χ2n) is 16.6. The molecule has 5 rings (SSSR count). The van der Waals surface area contributed by atoms with Gasteiger partial charge < -0.3 is 5.11 Å². The van der Waals surface area contributed by atoms with E-state index in [1.54, 1.807) is 0 Å². The Bertz CT molecular complexity index is 796. The summed E-state index contributed by atoms with van der Waals surface area (Å²) in [6.07, 6.45) is 11.9. The van der Waals surface area contributed by atoms with Crippen molar-refractivity contribution in [3.8, 4) is 0 Å². The maximum atomic E-state index is 11.8. The number of hydrogen-bond acceptors (Lipinski definition) is 1. The van der Waals surface area contributed by atoms with Crippen molar-refractivity contribution in [3.05, 3.63) is 0 Å². The Morgan fingerprint density at radius 1 is 0.667 bits per heavy atom. The largest absolute Gasteiger partial charge is 0.393 e. The Kier molecular flexibility index (Phi) is 5.26. The molecule has 0 aromatic rings. The number of rotatable bonds is 0. The van der Waals surface area contributed by atoms with Gasteiger partial charge in [-0.2, -0.15) is 0 Å². The van der Waals surface area contributed by atoms with E-state index in [9.17, 15) is 5.11 Å². The molecule has 1 heteroatoms. The summed E-state index contributed by atoms with van der Waals surface area (Å²) in [6.45, 7) is 26.1. The second kappa shape index (κ2) is 7.04. The molecule has 0 radical (unpaired) electrons. The monoisotopic (exact) mass is 456 g/mol. The third kappa shape index (κ3) is 2.93. The predicted octanol–water partition coefficient (Wildman–Crippen LogP) is 8.74. The molecular formula is C32H56O. The molecule has 0 aromatic carbocycles. The zero-order valence-electron chi connectivity index (χ0n) is 23.9. The molecule has 33 heavy (non-hydrogen) atoms. The maximum absolute atomic E-state index is 11.8. The fourth-order valence-corrected chi connectivity index (χ4v) is 13.2. The van der Waals surface area contributed by atoms with Crippen molar-refractivity contribution < 1.29 is 5.11 Å². The first-order valence-electron chi connectivity index (χ1n) is 14.7. The average Bonchev–Trinajstić information content (AvgIpc) is 2.68. The van der Waals surface area contributed by atoms with Crippen LogP contribution in [0.15, 0.2) is 0 Å². The van der Waals surface area contributed by atoms with Crippen molar-refractivity contribution in [1.29, 1.82) is 0 Å². The first-order chi connectivity index (χ1) is 15.0. The van der Waals surface area contributed by atoms with Gasteiger partial charge in [0.1, 0.15) is 0 Å². The second-order valence-corrected chi connectivity index (χ2v) is 16.6. The van der Waals surface area contributed by atoms with Crippen LogP contribution in [0.3, 0.4) is 0 Å². The molecule has 11 atom stereocenters. The van der Waals surface area contributed by atoms with E-state index in [2.05, 4.69) is 69.2 Å². The molecule has 0 spiro atoms. The fraction of sp³-hybridized carbons (Fsp3) is 1.00.